The molecule has 2 unspecified atom stereocenters. The van der Waals surface area contributed by atoms with Gasteiger partial charge in [0.2, 0.25) is 0 Å². The maximum absolute atomic E-state index is 11.0. The Balaban J connectivity index is 0.00000169. The number of carbonyl (C=O) groups is 2. The summed E-state index contributed by atoms with van der Waals surface area (Å²) in [4.78, 5) is 21.4. The summed E-state index contributed by atoms with van der Waals surface area (Å²) >= 11 is 0. The number of carboxylic acids is 1. The summed E-state index contributed by atoms with van der Waals surface area (Å²) in [6, 6.07) is -0.325. The molecule has 1 rings (SSSR count). The lowest BCUT2D eigenvalue weighted by Gasteiger charge is -2.06. The quantitative estimate of drug-likeness (QED) is 0.661. The predicted molar refractivity (Wildman–Crippen MR) is 51.4 cm³/mol. The van der Waals surface area contributed by atoms with Gasteiger partial charge in [-0.15, -0.1) is 12.4 Å². The first-order chi connectivity index (χ1) is 6.13. The van der Waals surface area contributed by atoms with E-state index in [0.717, 1.165) is 0 Å². The molecule has 0 aromatic rings. The Morgan fingerprint density at radius 2 is 2.21 bits per heavy atom. The molecular formula is C8H14ClNO4. The molecule has 0 radical (unpaired) electrons. The third kappa shape index (κ3) is 3.51. The van der Waals surface area contributed by atoms with Crippen molar-refractivity contribution in [1.29, 1.82) is 0 Å². The molecule has 1 aliphatic rings. The monoisotopic (exact) mass is 223 g/mol. The zero-order valence-electron chi connectivity index (χ0n) is 7.86. The van der Waals surface area contributed by atoms with Crippen molar-refractivity contribution in [2.24, 2.45) is 5.92 Å². The topological polar surface area (TPSA) is 75.6 Å². The van der Waals surface area contributed by atoms with Gasteiger partial charge < -0.3 is 15.2 Å². The van der Waals surface area contributed by atoms with Gasteiger partial charge in [0.1, 0.15) is 6.04 Å². The van der Waals surface area contributed by atoms with E-state index in [0.29, 0.717) is 13.0 Å². The number of hydrogen-bond acceptors (Lipinski definition) is 4. The lowest BCUT2D eigenvalue weighted by molar-refractivity contribution is -0.143. The first kappa shape index (κ1) is 13.2. The summed E-state index contributed by atoms with van der Waals surface area (Å²) in [7, 11) is 1.33. The van der Waals surface area contributed by atoms with E-state index in [4.69, 9.17) is 5.11 Å². The maximum Gasteiger partial charge on any atom is 0.322 e. The van der Waals surface area contributed by atoms with Crippen molar-refractivity contribution in [1.82, 2.24) is 5.32 Å². The van der Waals surface area contributed by atoms with Crippen molar-refractivity contribution in [3.8, 4) is 0 Å². The lowest BCUT2D eigenvalue weighted by atomic mass is 10.0. The SMILES string of the molecule is COC(=O)C1CC(CC(=O)O)CN1.Cl. The van der Waals surface area contributed by atoms with Crippen LogP contribution in [0.3, 0.4) is 0 Å². The molecule has 1 saturated heterocycles. The third-order valence-electron chi connectivity index (χ3n) is 2.17. The Kier molecular flexibility index (Phi) is 5.49. The van der Waals surface area contributed by atoms with Crippen LogP contribution < -0.4 is 5.32 Å². The van der Waals surface area contributed by atoms with Crippen molar-refractivity contribution in [2.75, 3.05) is 13.7 Å². The molecule has 1 fully saturated rings. The molecule has 0 aliphatic carbocycles. The van der Waals surface area contributed by atoms with Gasteiger partial charge in [0, 0.05) is 6.42 Å². The van der Waals surface area contributed by atoms with E-state index in [1.807, 2.05) is 0 Å². The molecule has 0 spiro atoms. The minimum Gasteiger partial charge on any atom is -0.481 e. The number of esters is 1. The highest BCUT2D eigenvalue weighted by Crippen LogP contribution is 2.17. The number of hydrogen-bond donors (Lipinski definition) is 2. The molecule has 82 valence electrons. The van der Waals surface area contributed by atoms with E-state index in [9.17, 15) is 9.59 Å². The van der Waals surface area contributed by atoms with Crippen LogP contribution in [0.1, 0.15) is 12.8 Å². The highest BCUT2D eigenvalue weighted by Gasteiger charge is 2.30. The number of ether oxygens (including phenoxy) is 1. The molecule has 1 aliphatic heterocycles. The van der Waals surface area contributed by atoms with Crippen LogP contribution in [-0.2, 0) is 14.3 Å². The Bertz CT molecular complexity index is 221. The molecule has 0 aromatic heterocycles. The molecule has 0 amide bonds. The first-order valence-corrected chi connectivity index (χ1v) is 4.16. The highest BCUT2D eigenvalue weighted by atomic mass is 35.5. The van der Waals surface area contributed by atoms with Crippen LogP contribution >= 0.6 is 12.4 Å². The van der Waals surface area contributed by atoms with Gasteiger partial charge in [0.15, 0.2) is 0 Å². The molecule has 0 aromatic carbocycles. The number of aliphatic carboxylic acids is 1. The summed E-state index contributed by atoms with van der Waals surface area (Å²) < 4.78 is 4.54. The summed E-state index contributed by atoms with van der Waals surface area (Å²) in [5, 5.41) is 11.4. The first-order valence-electron chi connectivity index (χ1n) is 4.16. The molecule has 0 saturated carbocycles. The van der Waals surface area contributed by atoms with Crippen LogP contribution in [0.5, 0.6) is 0 Å². The summed E-state index contributed by atoms with van der Waals surface area (Å²) in [5.74, 6) is -1.09. The van der Waals surface area contributed by atoms with E-state index >= 15 is 0 Å². The normalized spacial score (nSPS) is 25.2. The van der Waals surface area contributed by atoms with Crippen LogP contribution in [0.2, 0.25) is 0 Å². The maximum atomic E-state index is 11.0. The average Bonchev–Trinajstić information content (AvgIpc) is 2.50. The Hall–Kier alpha value is -0.810. The van der Waals surface area contributed by atoms with E-state index in [1.54, 1.807) is 0 Å². The molecule has 2 N–H and O–H groups in total. The largest absolute Gasteiger partial charge is 0.481 e. The third-order valence-corrected chi connectivity index (χ3v) is 2.17. The zero-order valence-corrected chi connectivity index (χ0v) is 8.67. The van der Waals surface area contributed by atoms with E-state index in [1.165, 1.54) is 7.11 Å². The molecule has 6 heteroatoms. The zero-order chi connectivity index (χ0) is 9.84. The van der Waals surface area contributed by atoms with Crippen LogP contribution in [-0.4, -0.2) is 36.7 Å². The van der Waals surface area contributed by atoms with Gasteiger partial charge in [-0.05, 0) is 18.9 Å². The van der Waals surface area contributed by atoms with Gasteiger partial charge in [0.05, 0.1) is 7.11 Å². The summed E-state index contributed by atoms with van der Waals surface area (Å²) in [6.07, 6.45) is 0.666. The number of methoxy groups -OCH3 is 1. The van der Waals surface area contributed by atoms with E-state index in [2.05, 4.69) is 10.1 Å². The highest BCUT2D eigenvalue weighted by molar-refractivity contribution is 5.85. The van der Waals surface area contributed by atoms with Gasteiger partial charge >= 0.3 is 11.9 Å². The van der Waals surface area contributed by atoms with Gasteiger partial charge in [-0.2, -0.15) is 0 Å². The number of carboxylic acid groups (broad SMARTS) is 1. The average molecular weight is 224 g/mol. The van der Waals surface area contributed by atoms with Gasteiger partial charge in [-0.3, -0.25) is 9.59 Å². The number of nitrogens with one attached hydrogen (secondary N) is 1. The standard InChI is InChI=1S/C8H13NO4.ClH/c1-13-8(12)6-2-5(4-9-6)3-7(10)11;/h5-6,9H,2-4H2,1H3,(H,10,11);1H. The second-order valence-electron chi connectivity index (χ2n) is 3.18. The second-order valence-corrected chi connectivity index (χ2v) is 3.18. The minimum absolute atomic E-state index is 0. The minimum atomic E-state index is -0.822. The molecule has 5 nitrogen and oxygen atoms in total. The van der Waals surface area contributed by atoms with Gasteiger partial charge in [-0.25, -0.2) is 0 Å². The van der Waals surface area contributed by atoms with E-state index in [-0.39, 0.29) is 36.8 Å². The fourth-order valence-electron chi connectivity index (χ4n) is 1.53. The van der Waals surface area contributed by atoms with Crippen molar-refractivity contribution in [3.63, 3.8) is 0 Å². The van der Waals surface area contributed by atoms with Crippen LogP contribution in [0, 0.1) is 5.92 Å². The fraction of sp³-hybridized carbons (Fsp3) is 0.750. The molecule has 0 bridgehead atoms. The van der Waals surface area contributed by atoms with Gasteiger partial charge in [0.25, 0.3) is 0 Å². The van der Waals surface area contributed by atoms with Crippen molar-refractivity contribution >= 4 is 24.3 Å². The van der Waals surface area contributed by atoms with Crippen LogP contribution in [0.4, 0.5) is 0 Å². The fourth-order valence-corrected chi connectivity index (χ4v) is 1.53. The van der Waals surface area contributed by atoms with Crippen molar-refractivity contribution in [3.05, 3.63) is 0 Å². The lowest BCUT2D eigenvalue weighted by Crippen LogP contribution is -2.31. The second kappa shape index (κ2) is 5.82. The molecule has 2 atom stereocenters. The van der Waals surface area contributed by atoms with Crippen molar-refractivity contribution < 1.29 is 19.4 Å². The number of carbonyl (C=O) groups excluding carboxylic acids is 1. The van der Waals surface area contributed by atoms with Crippen LogP contribution in [0.15, 0.2) is 0 Å². The Labute approximate surface area is 88.2 Å². The number of rotatable bonds is 3. The molecular weight excluding hydrogens is 210 g/mol. The predicted octanol–water partition coefficient (Wildman–Crippen LogP) is 0.0340. The smallest absolute Gasteiger partial charge is 0.322 e. The Morgan fingerprint density at radius 1 is 1.57 bits per heavy atom. The molecule has 1 heterocycles. The number of halogens is 1. The molecule has 14 heavy (non-hydrogen) atoms. The van der Waals surface area contributed by atoms with Crippen molar-refractivity contribution in [2.45, 2.75) is 18.9 Å². The van der Waals surface area contributed by atoms with Gasteiger partial charge in [-0.1, -0.05) is 0 Å². The summed E-state index contributed by atoms with van der Waals surface area (Å²) in [6.45, 7) is 0.575. The summed E-state index contributed by atoms with van der Waals surface area (Å²) in [5.41, 5.74) is 0. The van der Waals surface area contributed by atoms with E-state index < -0.39 is 5.97 Å². The Morgan fingerprint density at radius 3 is 2.71 bits per heavy atom. The van der Waals surface area contributed by atoms with Crippen LogP contribution in [0.25, 0.3) is 0 Å².